The number of nitrogens with one attached hydrogen (secondary N) is 1. The summed E-state index contributed by atoms with van der Waals surface area (Å²) in [5, 5.41) is 4.19. The van der Waals surface area contributed by atoms with Crippen molar-refractivity contribution in [3.8, 4) is 0 Å². The molecule has 0 radical (unpaired) electrons. The van der Waals surface area contributed by atoms with Crippen LogP contribution in [0.2, 0.25) is 0 Å². The predicted molar refractivity (Wildman–Crippen MR) is 60.7 cm³/mol. The van der Waals surface area contributed by atoms with Crippen LogP contribution in [0.4, 0.5) is 0 Å². The number of carbonyl (C=O) groups excluding carboxylic acids is 1. The molecule has 5 heteroatoms. The van der Waals surface area contributed by atoms with E-state index in [1.807, 2.05) is 0 Å². The minimum absolute atomic E-state index is 0.0415. The van der Waals surface area contributed by atoms with Crippen molar-refractivity contribution in [3.05, 3.63) is 0 Å². The molecular formula is C9H17N3OS. The smallest absolute Gasteiger partial charge is 0.243 e. The molecule has 1 rings (SSSR count). The number of likely N-dealkylation sites (N-methyl/N-ethyl adjacent to an activating group) is 1. The highest BCUT2D eigenvalue weighted by Crippen LogP contribution is 2.15. The first kappa shape index (κ1) is 11.4. The molecule has 1 atom stereocenters. The first-order valence-electron chi connectivity index (χ1n) is 4.77. The fourth-order valence-electron chi connectivity index (χ4n) is 1.03. The summed E-state index contributed by atoms with van der Waals surface area (Å²) in [4.78, 5) is 17.0. The highest BCUT2D eigenvalue weighted by molar-refractivity contribution is 8.14. The van der Waals surface area contributed by atoms with Crippen molar-refractivity contribution in [1.29, 1.82) is 0 Å². The van der Waals surface area contributed by atoms with Gasteiger partial charge in [0.05, 0.1) is 0 Å². The number of amidine groups is 1. The average molecular weight is 215 g/mol. The molecule has 0 aromatic rings. The first-order valence-corrected chi connectivity index (χ1v) is 5.76. The van der Waals surface area contributed by atoms with E-state index in [2.05, 4.69) is 17.2 Å². The number of rotatable bonds is 3. The number of hydrogen-bond acceptors (Lipinski definition) is 3. The van der Waals surface area contributed by atoms with Crippen molar-refractivity contribution < 1.29 is 4.79 Å². The van der Waals surface area contributed by atoms with E-state index >= 15 is 0 Å². The maximum atomic E-state index is 11.2. The second kappa shape index (κ2) is 5.24. The summed E-state index contributed by atoms with van der Waals surface area (Å²) in [6.45, 7) is 2.39. The minimum atomic E-state index is 0.0415. The van der Waals surface area contributed by atoms with Crippen molar-refractivity contribution in [2.45, 2.75) is 19.4 Å². The Kier molecular flexibility index (Phi) is 4.25. The Hall–Kier alpha value is -0.710. The molecule has 1 unspecified atom stereocenters. The van der Waals surface area contributed by atoms with Crippen LogP contribution in [0.15, 0.2) is 4.99 Å². The SMILES string of the molecule is CCC1CSC(=NCC(=O)N(C)C)N1. The fourth-order valence-corrected chi connectivity index (χ4v) is 2.11. The lowest BCUT2D eigenvalue weighted by Crippen LogP contribution is -2.28. The van der Waals surface area contributed by atoms with Gasteiger partial charge in [-0.25, -0.2) is 0 Å². The molecule has 4 nitrogen and oxygen atoms in total. The van der Waals surface area contributed by atoms with Gasteiger partial charge in [0.1, 0.15) is 6.54 Å². The van der Waals surface area contributed by atoms with E-state index < -0.39 is 0 Å². The molecule has 1 fully saturated rings. The van der Waals surface area contributed by atoms with E-state index in [-0.39, 0.29) is 12.5 Å². The summed E-state index contributed by atoms with van der Waals surface area (Å²) >= 11 is 1.70. The van der Waals surface area contributed by atoms with Crippen molar-refractivity contribution in [1.82, 2.24) is 10.2 Å². The molecule has 0 aromatic carbocycles. The van der Waals surface area contributed by atoms with E-state index in [9.17, 15) is 4.79 Å². The van der Waals surface area contributed by atoms with Gasteiger partial charge in [-0.1, -0.05) is 18.7 Å². The van der Waals surface area contributed by atoms with Crippen LogP contribution >= 0.6 is 11.8 Å². The largest absolute Gasteiger partial charge is 0.361 e. The van der Waals surface area contributed by atoms with Crippen LogP contribution in [0.3, 0.4) is 0 Å². The minimum Gasteiger partial charge on any atom is -0.361 e. The Labute approximate surface area is 89.1 Å². The van der Waals surface area contributed by atoms with Crippen molar-refractivity contribution in [3.63, 3.8) is 0 Å². The number of carbonyl (C=O) groups is 1. The van der Waals surface area contributed by atoms with Gasteiger partial charge in [0, 0.05) is 25.9 Å². The van der Waals surface area contributed by atoms with Gasteiger partial charge in [0.2, 0.25) is 5.91 Å². The van der Waals surface area contributed by atoms with E-state index in [1.54, 1.807) is 30.8 Å². The highest BCUT2D eigenvalue weighted by Gasteiger charge is 2.18. The molecular weight excluding hydrogens is 198 g/mol. The lowest BCUT2D eigenvalue weighted by atomic mass is 10.3. The van der Waals surface area contributed by atoms with Gasteiger partial charge in [-0.2, -0.15) is 0 Å². The molecule has 0 spiro atoms. The zero-order valence-corrected chi connectivity index (χ0v) is 9.73. The Morgan fingerprint density at radius 1 is 1.71 bits per heavy atom. The third kappa shape index (κ3) is 3.21. The molecule has 0 saturated carbocycles. The molecule has 14 heavy (non-hydrogen) atoms. The predicted octanol–water partition coefficient (Wildman–Crippen LogP) is 0.546. The topological polar surface area (TPSA) is 44.7 Å². The van der Waals surface area contributed by atoms with Crippen LogP contribution in [0.5, 0.6) is 0 Å². The fraction of sp³-hybridized carbons (Fsp3) is 0.778. The normalized spacial score (nSPS) is 23.6. The molecule has 1 amide bonds. The summed E-state index contributed by atoms with van der Waals surface area (Å²) in [7, 11) is 3.49. The van der Waals surface area contributed by atoms with Crippen molar-refractivity contribution >= 4 is 22.8 Å². The van der Waals surface area contributed by atoms with E-state index in [4.69, 9.17) is 0 Å². The van der Waals surface area contributed by atoms with E-state index in [0.717, 1.165) is 17.3 Å². The number of thioether (sulfide) groups is 1. The van der Waals surface area contributed by atoms with Gasteiger partial charge in [0.15, 0.2) is 5.17 Å². The lowest BCUT2D eigenvalue weighted by molar-refractivity contribution is -0.127. The number of hydrogen-bond donors (Lipinski definition) is 1. The average Bonchev–Trinajstić information content (AvgIpc) is 2.61. The van der Waals surface area contributed by atoms with Crippen LogP contribution in [-0.2, 0) is 4.79 Å². The molecule has 1 N–H and O–H groups in total. The Balaban J connectivity index is 2.36. The molecule has 80 valence electrons. The molecule has 0 aliphatic carbocycles. The van der Waals surface area contributed by atoms with Crippen molar-refractivity contribution in [2.24, 2.45) is 4.99 Å². The monoisotopic (exact) mass is 215 g/mol. The lowest BCUT2D eigenvalue weighted by Gasteiger charge is -2.08. The summed E-state index contributed by atoms with van der Waals surface area (Å²) in [6.07, 6.45) is 1.10. The molecule has 0 aromatic heterocycles. The molecule has 1 aliphatic rings. The highest BCUT2D eigenvalue weighted by atomic mass is 32.2. The zero-order valence-electron chi connectivity index (χ0n) is 8.91. The van der Waals surface area contributed by atoms with Crippen molar-refractivity contribution in [2.75, 3.05) is 26.4 Å². The van der Waals surface area contributed by atoms with Crippen LogP contribution < -0.4 is 5.32 Å². The van der Waals surface area contributed by atoms with Gasteiger partial charge in [0.25, 0.3) is 0 Å². The van der Waals surface area contributed by atoms with Gasteiger partial charge >= 0.3 is 0 Å². The summed E-state index contributed by atoms with van der Waals surface area (Å²) < 4.78 is 0. The standard InChI is InChI=1S/C9H17N3OS/c1-4-7-6-14-9(11-7)10-5-8(13)12(2)3/h7H,4-6H2,1-3H3,(H,10,11). The van der Waals surface area contributed by atoms with Gasteiger partial charge in [-0.05, 0) is 6.42 Å². The van der Waals surface area contributed by atoms with Crippen LogP contribution in [-0.4, -0.2) is 48.4 Å². The second-order valence-electron chi connectivity index (χ2n) is 3.47. The van der Waals surface area contributed by atoms with Crippen LogP contribution in [0.1, 0.15) is 13.3 Å². The Morgan fingerprint density at radius 2 is 2.43 bits per heavy atom. The first-order chi connectivity index (χ1) is 6.63. The maximum absolute atomic E-state index is 11.2. The zero-order chi connectivity index (χ0) is 10.6. The van der Waals surface area contributed by atoms with E-state index in [1.165, 1.54) is 0 Å². The van der Waals surface area contributed by atoms with E-state index in [0.29, 0.717) is 6.04 Å². The van der Waals surface area contributed by atoms with Crippen LogP contribution in [0.25, 0.3) is 0 Å². The number of amides is 1. The van der Waals surface area contributed by atoms with Gasteiger partial charge in [-0.3, -0.25) is 9.79 Å². The van der Waals surface area contributed by atoms with Gasteiger partial charge in [-0.15, -0.1) is 0 Å². The third-order valence-corrected chi connectivity index (χ3v) is 3.19. The van der Waals surface area contributed by atoms with Gasteiger partial charge < -0.3 is 10.2 Å². The Bertz CT molecular complexity index is 240. The molecule has 1 saturated heterocycles. The second-order valence-corrected chi connectivity index (χ2v) is 4.48. The molecule has 0 bridgehead atoms. The maximum Gasteiger partial charge on any atom is 0.243 e. The molecule has 1 aliphatic heterocycles. The number of aliphatic imine (C=N–C) groups is 1. The number of nitrogens with zero attached hydrogens (tertiary/aromatic N) is 2. The summed E-state index contributed by atoms with van der Waals surface area (Å²) in [6, 6.07) is 0.521. The third-order valence-electron chi connectivity index (χ3n) is 2.10. The summed E-state index contributed by atoms with van der Waals surface area (Å²) in [5.41, 5.74) is 0. The summed E-state index contributed by atoms with van der Waals surface area (Å²) in [5.74, 6) is 1.10. The van der Waals surface area contributed by atoms with Crippen LogP contribution in [0, 0.1) is 0 Å². The quantitative estimate of drug-likeness (QED) is 0.747. The molecule has 1 heterocycles. The Morgan fingerprint density at radius 3 is 2.93 bits per heavy atom.